The van der Waals surface area contributed by atoms with Crippen LogP contribution in [0.1, 0.15) is 26.3 Å². The Morgan fingerprint density at radius 2 is 1.40 bits per heavy atom. The van der Waals surface area contributed by atoms with Gasteiger partial charge in [-0.3, -0.25) is 9.59 Å². The zero-order valence-corrected chi connectivity index (χ0v) is 13.7. The second-order valence-electron chi connectivity index (χ2n) is 5.42. The van der Waals surface area contributed by atoms with Crippen LogP contribution in [-0.2, 0) is 0 Å². The molecule has 3 rings (SSSR count). The van der Waals surface area contributed by atoms with Gasteiger partial charge < -0.3 is 10.1 Å². The summed E-state index contributed by atoms with van der Waals surface area (Å²) in [5.41, 5.74) is 2.00. The maximum absolute atomic E-state index is 12.7. The summed E-state index contributed by atoms with van der Waals surface area (Å²) >= 11 is 0. The molecule has 4 heteroatoms. The first kappa shape index (κ1) is 16.5. The van der Waals surface area contributed by atoms with Crippen LogP contribution < -0.4 is 10.1 Å². The average Bonchev–Trinajstić information content (AvgIpc) is 2.68. The van der Waals surface area contributed by atoms with Crippen LogP contribution in [0.25, 0.3) is 0 Å². The lowest BCUT2D eigenvalue weighted by atomic mass is 10.0. The van der Waals surface area contributed by atoms with E-state index < -0.39 is 0 Å². The zero-order chi connectivity index (χ0) is 17.6. The quantitative estimate of drug-likeness (QED) is 0.714. The molecular weight excluding hydrogens is 314 g/mol. The third kappa shape index (κ3) is 3.75. The Labute approximate surface area is 146 Å². The Morgan fingerprint density at radius 3 is 2.08 bits per heavy atom. The Balaban J connectivity index is 1.85. The van der Waals surface area contributed by atoms with Gasteiger partial charge in [0.2, 0.25) is 0 Å². The highest BCUT2D eigenvalue weighted by Gasteiger charge is 2.15. The lowest BCUT2D eigenvalue weighted by Gasteiger charge is -2.11. The normalized spacial score (nSPS) is 10.1. The van der Waals surface area contributed by atoms with Crippen LogP contribution >= 0.6 is 0 Å². The molecule has 1 N–H and O–H groups in total. The van der Waals surface area contributed by atoms with Gasteiger partial charge in [-0.15, -0.1) is 0 Å². The van der Waals surface area contributed by atoms with E-state index >= 15 is 0 Å². The highest BCUT2D eigenvalue weighted by Crippen LogP contribution is 2.20. The molecule has 0 aliphatic heterocycles. The number of hydrogen-bond acceptors (Lipinski definition) is 3. The van der Waals surface area contributed by atoms with Gasteiger partial charge in [0.15, 0.2) is 5.78 Å². The molecule has 124 valence electrons. The van der Waals surface area contributed by atoms with Crippen molar-refractivity contribution in [3.8, 4) is 5.75 Å². The van der Waals surface area contributed by atoms with Crippen LogP contribution in [-0.4, -0.2) is 18.8 Å². The first-order valence-corrected chi connectivity index (χ1v) is 7.83. The van der Waals surface area contributed by atoms with E-state index in [0.717, 1.165) is 0 Å². The van der Waals surface area contributed by atoms with Gasteiger partial charge in [0.1, 0.15) is 5.75 Å². The number of ether oxygens (including phenoxy) is 1. The van der Waals surface area contributed by atoms with Crippen molar-refractivity contribution < 1.29 is 14.3 Å². The summed E-state index contributed by atoms with van der Waals surface area (Å²) in [6.07, 6.45) is 0. The van der Waals surface area contributed by atoms with Crippen molar-refractivity contribution in [2.24, 2.45) is 0 Å². The molecule has 0 unspecified atom stereocenters. The fourth-order valence-corrected chi connectivity index (χ4v) is 2.47. The molecule has 0 aromatic heterocycles. The van der Waals surface area contributed by atoms with Crippen molar-refractivity contribution in [3.63, 3.8) is 0 Å². The lowest BCUT2D eigenvalue weighted by Crippen LogP contribution is -2.15. The van der Waals surface area contributed by atoms with Gasteiger partial charge in [-0.1, -0.05) is 42.5 Å². The molecule has 4 nitrogen and oxygen atoms in total. The minimum Gasteiger partial charge on any atom is -0.497 e. The summed E-state index contributed by atoms with van der Waals surface area (Å²) < 4.78 is 5.09. The van der Waals surface area contributed by atoms with E-state index in [4.69, 9.17) is 4.74 Å². The topological polar surface area (TPSA) is 55.4 Å². The predicted octanol–water partition coefficient (Wildman–Crippen LogP) is 4.18. The fourth-order valence-electron chi connectivity index (χ4n) is 2.47. The van der Waals surface area contributed by atoms with Crippen molar-refractivity contribution >= 4 is 17.4 Å². The van der Waals surface area contributed by atoms with Crippen molar-refractivity contribution in [1.29, 1.82) is 0 Å². The summed E-state index contributed by atoms with van der Waals surface area (Å²) in [5.74, 6) is 0.262. The van der Waals surface area contributed by atoms with Crippen LogP contribution in [0.5, 0.6) is 5.75 Å². The van der Waals surface area contributed by atoms with Crippen molar-refractivity contribution in [2.45, 2.75) is 0 Å². The minimum atomic E-state index is -0.282. The van der Waals surface area contributed by atoms with Gasteiger partial charge in [-0.25, -0.2) is 0 Å². The van der Waals surface area contributed by atoms with E-state index in [0.29, 0.717) is 28.1 Å². The molecule has 0 heterocycles. The third-order valence-electron chi connectivity index (χ3n) is 3.81. The molecule has 25 heavy (non-hydrogen) atoms. The number of anilines is 1. The summed E-state index contributed by atoms with van der Waals surface area (Å²) in [7, 11) is 1.57. The van der Waals surface area contributed by atoms with E-state index in [1.54, 1.807) is 67.8 Å². The lowest BCUT2D eigenvalue weighted by molar-refractivity contribution is 0.102. The van der Waals surface area contributed by atoms with Gasteiger partial charge >= 0.3 is 0 Å². The Morgan fingerprint density at radius 1 is 0.760 bits per heavy atom. The van der Waals surface area contributed by atoms with Gasteiger partial charge in [0.25, 0.3) is 5.91 Å². The van der Waals surface area contributed by atoms with Crippen molar-refractivity contribution in [3.05, 3.63) is 95.6 Å². The zero-order valence-electron chi connectivity index (χ0n) is 13.7. The van der Waals surface area contributed by atoms with Crippen LogP contribution in [0.2, 0.25) is 0 Å². The monoisotopic (exact) mass is 331 g/mol. The summed E-state index contributed by atoms with van der Waals surface area (Å²) in [6.45, 7) is 0. The number of carbonyl (C=O) groups excluding carboxylic acids is 2. The number of ketones is 1. The van der Waals surface area contributed by atoms with Crippen LogP contribution in [0.15, 0.2) is 78.9 Å². The van der Waals surface area contributed by atoms with E-state index in [1.807, 2.05) is 18.2 Å². The molecule has 0 aliphatic carbocycles. The number of methoxy groups -OCH3 is 1. The molecule has 0 spiro atoms. The maximum atomic E-state index is 12.7. The van der Waals surface area contributed by atoms with Crippen LogP contribution in [0.3, 0.4) is 0 Å². The van der Waals surface area contributed by atoms with Gasteiger partial charge in [-0.2, -0.15) is 0 Å². The molecule has 1 amide bonds. The van der Waals surface area contributed by atoms with Crippen molar-refractivity contribution in [1.82, 2.24) is 0 Å². The highest BCUT2D eigenvalue weighted by molar-refractivity contribution is 6.15. The standard InChI is InChI=1S/C21H17NO3/c1-25-17-13-11-16(12-14-17)21(24)22-19-10-6-5-9-18(19)20(23)15-7-3-2-4-8-15/h2-14H,1H3,(H,22,24). The second-order valence-corrected chi connectivity index (χ2v) is 5.42. The number of rotatable bonds is 5. The van der Waals surface area contributed by atoms with Crippen LogP contribution in [0, 0.1) is 0 Å². The Hall–Kier alpha value is -3.40. The van der Waals surface area contributed by atoms with Crippen LogP contribution in [0.4, 0.5) is 5.69 Å². The molecule has 0 saturated heterocycles. The third-order valence-corrected chi connectivity index (χ3v) is 3.81. The predicted molar refractivity (Wildman–Crippen MR) is 97.3 cm³/mol. The number of benzene rings is 3. The number of nitrogens with one attached hydrogen (secondary N) is 1. The Bertz CT molecular complexity index is 887. The van der Waals surface area contributed by atoms with Gasteiger partial charge in [-0.05, 0) is 36.4 Å². The Kier molecular flexibility index (Phi) is 4.90. The van der Waals surface area contributed by atoms with E-state index in [2.05, 4.69) is 5.32 Å². The second kappa shape index (κ2) is 7.45. The van der Waals surface area contributed by atoms with Gasteiger partial charge in [0.05, 0.1) is 12.8 Å². The summed E-state index contributed by atoms with van der Waals surface area (Å²) in [5, 5.41) is 2.81. The molecule has 0 bridgehead atoms. The molecule has 0 aliphatic rings. The highest BCUT2D eigenvalue weighted by atomic mass is 16.5. The first-order valence-electron chi connectivity index (χ1n) is 7.83. The van der Waals surface area contributed by atoms with E-state index in [1.165, 1.54) is 0 Å². The molecule has 0 saturated carbocycles. The fraction of sp³-hybridized carbons (Fsp3) is 0.0476. The molecular formula is C21H17NO3. The van der Waals surface area contributed by atoms with E-state index in [-0.39, 0.29) is 11.7 Å². The SMILES string of the molecule is COc1ccc(C(=O)Nc2ccccc2C(=O)c2ccccc2)cc1. The molecule has 3 aromatic carbocycles. The first-order chi connectivity index (χ1) is 12.2. The van der Waals surface area contributed by atoms with Crippen molar-refractivity contribution in [2.75, 3.05) is 12.4 Å². The molecule has 0 radical (unpaired) electrons. The number of hydrogen-bond donors (Lipinski definition) is 1. The molecule has 0 fully saturated rings. The molecule has 0 atom stereocenters. The van der Waals surface area contributed by atoms with Gasteiger partial charge in [0, 0.05) is 16.7 Å². The number of para-hydroxylation sites is 1. The smallest absolute Gasteiger partial charge is 0.255 e. The molecule has 3 aromatic rings. The maximum Gasteiger partial charge on any atom is 0.255 e. The largest absolute Gasteiger partial charge is 0.497 e. The summed E-state index contributed by atoms with van der Waals surface area (Å²) in [4.78, 5) is 25.2. The summed E-state index contributed by atoms with van der Waals surface area (Å²) in [6, 6.07) is 22.8. The van der Waals surface area contributed by atoms with E-state index in [9.17, 15) is 9.59 Å². The minimum absolute atomic E-state index is 0.133. The number of carbonyl (C=O) groups is 2. The average molecular weight is 331 g/mol. The number of amides is 1.